The summed E-state index contributed by atoms with van der Waals surface area (Å²) in [7, 11) is 0. The number of halogens is 1. The second-order valence-corrected chi connectivity index (χ2v) is 7.83. The third-order valence-electron chi connectivity index (χ3n) is 6.00. The largest absolute Gasteiger partial charge is 0.340 e. The SMILES string of the molecule is NC1(C(=O)N2CC[C@@]3(CCCN(Cc4ccccc4F)C3=O)C2)CC1. The molecule has 2 heterocycles. The summed E-state index contributed by atoms with van der Waals surface area (Å²) in [6.45, 7) is 1.99. The van der Waals surface area contributed by atoms with E-state index in [9.17, 15) is 14.0 Å². The van der Waals surface area contributed by atoms with Crippen molar-refractivity contribution in [3.63, 3.8) is 0 Å². The van der Waals surface area contributed by atoms with Crippen LogP contribution in [0.3, 0.4) is 0 Å². The highest BCUT2D eigenvalue weighted by Crippen LogP contribution is 2.43. The number of benzene rings is 1. The van der Waals surface area contributed by atoms with Crippen LogP contribution in [0.25, 0.3) is 0 Å². The number of nitrogens with zero attached hydrogens (tertiary/aromatic N) is 2. The zero-order valence-corrected chi connectivity index (χ0v) is 14.3. The molecule has 0 aromatic heterocycles. The van der Waals surface area contributed by atoms with Gasteiger partial charge >= 0.3 is 0 Å². The van der Waals surface area contributed by atoms with Gasteiger partial charge in [-0.2, -0.15) is 0 Å². The second kappa shape index (κ2) is 5.80. The molecule has 0 unspecified atom stereocenters. The van der Waals surface area contributed by atoms with E-state index >= 15 is 0 Å². The molecule has 6 heteroatoms. The molecule has 2 amide bonds. The lowest BCUT2D eigenvalue weighted by atomic mass is 9.78. The lowest BCUT2D eigenvalue weighted by Crippen LogP contribution is -2.51. The Morgan fingerprint density at radius 2 is 1.92 bits per heavy atom. The van der Waals surface area contributed by atoms with Crippen LogP contribution in [-0.2, 0) is 16.1 Å². The van der Waals surface area contributed by atoms with Crippen molar-refractivity contribution in [2.75, 3.05) is 19.6 Å². The molecule has 4 rings (SSSR count). The first-order valence-electron chi connectivity index (χ1n) is 9.05. The lowest BCUT2D eigenvalue weighted by molar-refractivity contribution is -0.147. The molecule has 1 aromatic rings. The van der Waals surface area contributed by atoms with E-state index in [0.29, 0.717) is 38.2 Å². The molecule has 0 radical (unpaired) electrons. The predicted molar refractivity (Wildman–Crippen MR) is 90.8 cm³/mol. The van der Waals surface area contributed by atoms with E-state index in [2.05, 4.69) is 0 Å². The maximum absolute atomic E-state index is 13.9. The molecule has 2 aliphatic heterocycles. The van der Waals surface area contributed by atoms with Gasteiger partial charge in [0.05, 0.1) is 11.0 Å². The monoisotopic (exact) mass is 345 g/mol. The molecule has 3 aliphatic rings. The molecule has 1 aromatic carbocycles. The zero-order chi connectivity index (χ0) is 17.7. The van der Waals surface area contributed by atoms with Gasteiger partial charge in [0.1, 0.15) is 5.82 Å². The molecule has 1 atom stereocenters. The van der Waals surface area contributed by atoms with Crippen molar-refractivity contribution < 1.29 is 14.0 Å². The molecular weight excluding hydrogens is 321 g/mol. The van der Waals surface area contributed by atoms with Gasteiger partial charge in [-0.1, -0.05) is 18.2 Å². The average Bonchev–Trinajstić information content (AvgIpc) is 3.21. The van der Waals surface area contributed by atoms with Gasteiger partial charge in [0, 0.05) is 31.7 Å². The number of nitrogens with two attached hydrogens (primary N) is 1. The molecule has 1 saturated carbocycles. The van der Waals surface area contributed by atoms with Gasteiger partial charge in [-0.25, -0.2) is 4.39 Å². The molecular formula is C19H24FN3O2. The van der Waals surface area contributed by atoms with E-state index in [0.717, 1.165) is 25.7 Å². The lowest BCUT2D eigenvalue weighted by Gasteiger charge is -2.39. The second-order valence-electron chi connectivity index (χ2n) is 7.83. The van der Waals surface area contributed by atoms with Crippen LogP contribution in [-0.4, -0.2) is 46.8 Å². The zero-order valence-electron chi connectivity index (χ0n) is 14.3. The van der Waals surface area contributed by atoms with Crippen molar-refractivity contribution in [2.24, 2.45) is 11.1 Å². The Bertz CT molecular complexity index is 718. The molecule has 2 N–H and O–H groups in total. The Morgan fingerprint density at radius 3 is 2.64 bits per heavy atom. The van der Waals surface area contributed by atoms with Crippen LogP contribution in [0.1, 0.15) is 37.7 Å². The van der Waals surface area contributed by atoms with E-state index in [-0.39, 0.29) is 17.6 Å². The minimum Gasteiger partial charge on any atom is -0.340 e. The van der Waals surface area contributed by atoms with E-state index < -0.39 is 11.0 Å². The quantitative estimate of drug-likeness (QED) is 0.906. The summed E-state index contributed by atoms with van der Waals surface area (Å²) < 4.78 is 13.9. The van der Waals surface area contributed by atoms with Crippen molar-refractivity contribution in [2.45, 2.75) is 44.2 Å². The summed E-state index contributed by atoms with van der Waals surface area (Å²) in [5.41, 5.74) is 5.39. The number of carbonyl (C=O) groups is 2. The fourth-order valence-corrected chi connectivity index (χ4v) is 4.22. The molecule has 0 bridgehead atoms. The van der Waals surface area contributed by atoms with E-state index in [1.54, 1.807) is 28.0 Å². The van der Waals surface area contributed by atoms with E-state index in [4.69, 9.17) is 5.73 Å². The summed E-state index contributed by atoms with van der Waals surface area (Å²) in [6.07, 6.45) is 3.84. The summed E-state index contributed by atoms with van der Waals surface area (Å²) >= 11 is 0. The Morgan fingerprint density at radius 1 is 1.16 bits per heavy atom. The van der Waals surface area contributed by atoms with Crippen LogP contribution in [0, 0.1) is 11.2 Å². The van der Waals surface area contributed by atoms with Gasteiger partial charge < -0.3 is 15.5 Å². The highest BCUT2D eigenvalue weighted by Gasteiger charge is 2.54. The first kappa shape index (κ1) is 16.5. The number of carbonyl (C=O) groups excluding carboxylic acids is 2. The number of hydrogen-bond acceptors (Lipinski definition) is 3. The van der Waals surface area contributed by atoms with E-state index in [1.165, 1.54) is 6.07 Å². The number of piperidine rings is 1. The first-order chi connectivity index (χ1) is 11.9. The molecule has 3 fully saturated rings. The fourth-order valence-electron chi connectivity index (χ4n) is 4.22. The molecule has 1 spiro atoms. The van der Waals surface area contributed by atoms with Crippen molar-refractivity contribution >= 4 is 11.8 Å². The average molecular weight is 345 g/mol. The Balaban J connectivity index is 1.49. The van der Waals surface area contributed by atoms with Gasteiger partial charge in [0.25, 0.3) is 0 Å². The maximum atomic E-state index is 13.9. The smallest absolute Gasteiger partial charge is 0.242 e. The standard InChI is InChI=1S/C19H24FN3O2/c20-15-5-2-1-4-14(15)12-22-10-3-6-18(16(22)24)9-11-23(13-18)17(25)19(21)7-8-19/h1-2,4-5H,3,6-13,21H2/t18-/m0/s1. The highest BCUT2D eigenvalue weighted by atomic mass is 19.1. The first-order valence-corrected chi connectivity index (χ1v) is 9.05. The van der Waals surface area contributed by atoms with Crippen LogP contribution in [0.5, 0.6) is 0 Å². The number of amides is 2. The Kier molecular flexibility index (Phi) is 3.83. The van der Waals surface area contributed by atoms with Crippen molar-refractivity contribution in [3.05, 3.63) is 35.6 Å². The van der Waals surface area contributed by atoms with Crippen LogP contribution in [0.2, 0.25) is 0 Å². The topological polar surface area (TPSA) is 66.6 Å². The van der Waals surface area contributed by atoms with Gasteiger partial charge in [-0.15, -0.1) is 0 Å². The van der Waals surface area contributed by atoms with Gasteiger partial charge in [-0.05, 0) is 38.2 Å². The summed E-state index contributed by atoms with van der Waals surface area (Å²) in [5, 5.41) is 0. The van der Waals surface area contributed by atoms with Crippen molar-refractivity contribution in [1.82, 2.24) is 9.80 Å². The van der Waals surface area contributed by atoms with Crippen molar-refractivity contribution in [3.8, 4) is 0 Å². The minimum atomic E-state index is -0.684. The Hall–Kier alpha value is -1.95. The molecule has 25 heavy (non-hydrogen) atoms. The minimum absolute atomic E-state index is 0.0107. The molecule has 2 saturated heterocycles. The third-order valence-corrected chi connectivity index (χ3v) is 6.00. The number of hydrogen-bond donors (Lipinski definition) is 1. The summed E-state index contributed by atoms with van der Waals surface area (Å²) in [4.78, 5) is 29.2. The van der Waals surface area contributed by atoms with Gasteiger partial charge in [0.2, 0.25) is 11.8 Å². The number of rotatable bonds is 3. The number of likely N-dealkylation sites (tertiary alicyclic amines) is 2. The molecule has 1 aliphatic carbocycles. The summed E-state index contributed by atoms with van der Waals surface area (Å²) in [5.74, 6) is -0.237. The molecule has 134 valence electrons. The fraction of sp³-hybridized carbons (Fsp3) is 0.579. The molecule has 5 nitrogen and oxygen atoms in total. The van der Waals surface area contributed by atoms with Crippen LogP contribution < -0.4 is 5.73 Å². The van der Waals surface area contributed by atoms with Gasteiger partial charge in [-0.3, -0.25) is 9.59 Å². The highest BCUT2D eigenvalue weighted by molar-refractivity contribution is 5.91. The predicted octanol–water partition coefficient (Wildman–Crippen LogP) is 1.66. The summed E-state index contributed by atoms with van der Waals surface area (Å²) in [6, 6.07) is 6.58. The third kappa shape index (κ3) is 2.82. The van der Waals surface area contributed by atoms with E-state index in [1.807, 2.05) is 0 Å². The van der Waals surface area contributed by atoms with Crippen LogP contribution in [0.15, 0.2) is 24.3 Å². The van der Waals surface area contributed by atoms with Crippen LogP contribution in [0.4, 0.5) is 4.39 Å². The van der Waals surface area contributed by atoms with Crippen molar-refractivity contribution in [1.29, 1.82) is 0 Å². The Labute approximate surface area is 147 Å². The van der Waals surface area contributed by atoms with Crippen LogP contribution >= 0.6 is 0 Å². The maximum Gasteiger partial charge on any atom is 0.242 e. The normalized spacial score (nSPS) is 27.8. The van der Waals surface area contributed by atoms with Gasteiger partial charge in [0.15, 0.2) is 0 Å².